The third kappa shape index (κ3) is 3.73. The molecular weight excluding hydrogens is 339 g/mol. The second kappa shape index (κ2) is 6.73. The Labute approximate surface area is 132 Å². The molecule has 1 N–H and O–H groups in total. The first-order chi connectivity index (χ1) is 9.90. The molecule has 2 atom stereocenters. The number of nitro benzene ring substituents is 1. The molecule has 4 nitrogen and oxygen atoms in total. The van der Waals surface area contributed by atoms with E-state index in [2.05, 4.69) is 35.1 Å². The predicted octanol–water partition coefficient (Wildman–Crippen LogP) is 5.12. The van der Waals surface area contributed by atoms with Crippen molar-refractivity contribution in [2.75, 3.05) is 5.32 Å². The molecule has 0 bridgehead atoms. The lowest BCUT2D eigenvalue weighted by molar-refractivity contribution is -0.384. The molecule has 6 heteroatoms. The summed E-state index contributed by atoms with van der Waals surface area (Å²) in [7, 11) is 0. The molecule has 116 valence electrons. The number of hydrogen-bond donors (Lipinski definition) is 1. The lowest BCUT2D eigenvalue weighted by Crippen LogP contribution is -2.35. The highest BCUT2D eigenvalue weighted by atomic mass is 79.9. The van der Waals surface area contributed by atoms with Crippen LogP contribution in [0.1, 0.15) is 39.5 Å². The summed E-state index contributed by atoms with van der Waals surface area (Å²) in [6, 6.07) is 2.61. The second-order valence-electron chi connectivity index (χ2n) is 5.98. The molecule has 0 amide bonds. The van der Waals surface area contributed by atoms with E-state index in [1.54, 1.807) is 0 Å². The Balaban J connectivity index is 2.29. The van der Waals surface area contributed by atoms with Crippen LogP contribution in [0.25, 0.3) is 0 Å². The number of halogens is 2. The zero-order chi connectivity index (χ0) is 15.6. The van der Waals surface area contributed by atoms with Crippen molar-refractivity contribution in [1.29, 1.82) is 0 Å². The van der Waals surface area contributed by atoms with Crippen molar-refractivity contribution in [3.63, 3.8) is 0 Å². The molecule has 0 radical (unpaired) electrons. The van der Waals surface area contributed by atoms with Gasteiger partial charge in [-0.1, -0.05) is 26.7 Å². The maximum atomic E-state index is 13.7. The van der Waals surface area contributed by atoms with Crippen LogP contribution >= 0.6 is 15.9 Å². The summed E-state index contributed by atoms with van der Waals surface area (Å²) >= 11 is 3.00. The molecular formula is C15H20BrFN2O2. The molecule has 1 aromatic carbocycles. The summed E-state index contributed by atoms with van der Waals surface area (Å²) in [4.78, 5) is 10.7. The van der Waals surface area contributed by atoms with Gasteiger partial charge in [-0.25, -0.2) is 4.39 Å². The van der Waals surface area contributed by atoms with Gasteiger partial charge < -0.3 is 5.32 Å². The van der Waals surface area contributed by atoms with Crippen molar-refractivity contribution in [1.82, 2.24) is 0 Å². The van der Waals surface area contributed by atoms with Gasteiger partial charge in [-0.15, -0.1) is 0 Å². The zero-order valence-electron chi connectivity index (χ0n) is 12.2. The second-order valence-corrected chi connectivity index (χ2v) is 6.84. The third-order valence-electron chi connectivity index (χ3n) is 4.25. The van der Waals surface area contributed by atoms with Gasteiger partial charge in [-0.05, 0) is 40.6 Å². The van der Waals surface area contributed by atoms with Gasteiger partial charge in [0, 0.05) is 18.2 Å². The van der Waals surface area contributed by atoms with E-state index in [-0.39, 0.29) is 21.9 Å². The van der Waals surface area contributed by atoms with Crippen LogP contribution in [0.3, 0.4) is 0 Å². The minimum atomic E-state index is -0.486. The molecule has 1 aromatic rings. The van der Waals surface area contributed by atoms with Crippen LogP contribution in [0.4, 0.5) is 15.8 Å². The molecule has 1 aliphatic rings. The fourth-order valence-corrected chi connectivity index (χ4v) is 3.47. The molecule has 1 saturated carbocycles. The number of nitrogens with one attached hydrogen (secondary N) is 1. The Hall–Kier alpha value is -1.17. The van der Waals surface area contributed by atoms with Crippen molar-refractivity contribution in [3.8, 4) is 0 Å². The van der Waals surface area contributed by atoms with Crippen LogP contribution in [-0.2, 0) is 0 Å². The number of benzene rings is 1. The number of nitrogens with zero attached hydrogens (tertiary/aromatic N) is 1. The standard InChI is InChI=1S/C15H20BrFN2O2/c1-9(2)10-5-3-4-6-13(10)18-14-8-12(17)11(16)7-15(14)19(20)21/h7-10,13,18H,3-6H2,1-2H3. The topological polar surface area (TPSA) is 55.2 Å². The summed E-state index contributed by atoms with van der Waals surface area (Å²) in [5.41, 5.74) is 0.189. The molecule has 0 saturated heterocycles. The van der Waals surface area contributed by atoms with Crippen molar-refractivity contribution in [2.45, 2.75) is 45.6 Å². The largest absolute Gasteiger partial charge is 0.376 e. The molecule has 0 aliphatic heterocycles. The van der Waals surface area contributed by atoms with E-state index >= 15 is 0 Å². The van der Waals surface area contributed by atoms with E-state index < -0.39 is 10.7 Å². The third-order valence-corrected chi connectivity index (χ3v) is 4.86. The average molecular weight is 359 g/mol. The number of nitro groups is 1. The van der Waals surface area contributed by atoms with Crippen LogP contribution in [0.5, 0.6) is 0 Å². The van der Waals surface area contributed by atoms with E-state index in [1.165, 1.54) is 18.6 Å². The first kappa shape index (κ1) is 16.2. The minimum Gasteiger partial charge on any atom is -0.376 e. The summed E-state index contributed by atoms with van der Waals surface area (Å²) in [6.07, 6.45) is 4.38. The highest BCUT2D eigenvalue weighted by Gasteiger charge is 2.29. The Morgan fingerprint density at radius 3 is 2.67 bits per heavy atom. The Bertz CT molecular complexity index is 537. The molecule has 2 rings (SSSR count). The zero-order valence-corrected chi connectivity index (χ0v) is 13.8. The highest BCUT2D eigenvalue weighted by Crippen LogP contribution is 2.36. The highest BCUT2D eigenvalue weighted by molar-refractivity contribution is 9.10. The fourth-order valence-electron chi connectivity index (χ4n) is 3.14. The van der Waals surface area contributed by atoms with Gasteiger partial charge in [0.2, 0.25) is 0 Å². The summed E-state index contributed by atoms with van der Waals surface area (Å²) in [5, 5.41) is 14.4. The van der Waals surface area contributed by atoms with Crippen LogP contribution in [-0.4, -0.2) is 11.0 Å². The normalized spacial score (nSPS) is 22.3. The monoisotopic (exact) mass is 358 g/mol. The van der Waals surface area contributed by atoms with E-state index in [0.29, 0.717) is 11.8 Å². The lowest BCUT2D eigenvalue weighted by atomic mass is 9.77. The van der Waals surface area contributed by atoms with Gasteiger partial charge in [0.05, 0.1) is 9.40 Å². The quantitative estimate of drug-likeness (QED) is 0.599. The van der Waals surface area contributed by atoms with Crippen LogP contribution in [0, 0.1) is 27.8 Å². The van der Waals surface area contributed by atoms with Crippen molar-refractivity contribution >= 4 is 27.3 Å². The van der Waals surface area contributed by atoms with E-state index in [0.717, 1.165) is 19.3 Å². The Morgan fingerprint density at radius 2 is 2.05 bits per heavy atom. The first-order valence-electron chi connectivity index (χ1n) is 7.30. The number of anilines is 1. The van der Waals surface area contributed by atoms with Crippen LogP contribution in [0.2, 0.25) is 0 Å². The fraction of sp³-hybridized carbons (Fsp3) is 0.600. The van der Waals surface area contributed by atoms with Crippen LogP contribution in [0.15, 0.2) is 16.6 Å². The number of hydrogen-bond acceptors (Lipinski definition) is 3. The maximum Gasteiger partial charge on any atom is 0.293 e. The molecule has 0 heterocycles. The SMILES string of the molecule is CC(C)C1CCCCC1Nc1cc(F)c(Br)cc1[N+](=O)[O-]. The Morgan fingerprint density at radius 1 is 1.38 bits per heavy atom. The average Bonchev–Trinajstić information content (AvgIpc) is 2.42. The van der Waals surface area contributed by atoms with E-state index in [1.807, 2.05) is 0 Å². The molecule has 2 unspecified atom stereocenters. The van der Waals surface area contributed by atoms with Crippen molar-refractivity contribution in [3.05, 3.63) is 32.5 Å². The van der Waals surface area contributed by atoms with Gasteiger partial charge >= 0.3 is 0 Å². The van der Waals surface area contributed by atoms with Crippen molar-refractivity contribution < 1.29 is 9.31 Å². The molecule has 1 aliphatic carbocycles. The van der Waals surface area contributed by atoms with Crippen LogP contribution < -0.4 is 5.32 Å². The number of rotatable bonds is 4. The van der Waals surface area contributed by atoms with Crippen molar-refractivity contribution in [2.24, 2.45) is 11.8 Å². The van der Waals surface area contributed by atoms with Gasteiger partial charge in [-0.3, -0.25) is 10.1 Å². The van der Waals surface area contributed by atoms with Gasteiger partial charge in [0.15, 0.2) is 0 Å². The van der Waals surface area contributed by atoms with Gasteiger partial charge in [-0.2, -0.15) is 0 Å². The smallest absolute Gasteiger partial charge is 0.293 e. The molecule has 21 heavy (non-hydrogen) atoms. The Kier molecular flexibility index (Phi) is 5.19. The van der Waals surface area contributed by atoms with E-state index in [9.17, 15) is 14.5 Å². The first-order valence-corrected chi connectivity index (χ1v) is 8.09. The van der Waals surface area contributed by atoms with E-state index in [4.69, 9.17) is 0 Å². The van der Waals surface area contributed by atoms with Gasteiger partial charge in [0.1, 0.15) is 11.5 Å². The van der Waals surface area contributed by atoms with Gasteiger partial charge in [0.25, 0.3) is 5.69 Å². The predicted molar refractivity (Wildman–Crippen MR) is 85.0 cm³/mol. The minimum absolute atomic E-state index is 0.0867. The summed E-state index contributed by atoms with van der Waals surface area (Å²) in [5.74, 6) is 0.479. The lowest BCUT2D eigenvalue weighted by Gasteiger charge is -2.35. The molecule has 0 aromatic heterocycles. The molecule has 0 spiro atoms. The summed E-state index contributed by atoms with van der Waals surface area (Å²) < 4.78 is 13.8. The molecule has 1 fully saturated rings. The summed E-state index contributed by atoms with van der Waals surface area (Å²) in [6.45, 7) is 4.34. The maximum absolute atomic E-state index is 13.7.